The number of hydrogen-bond acceptors (Lipinski definition) is 3. The third kappa shape index (κ3) is 3.89. The molecule has 0 atom stereocenters. The Balaban J connectivity index is 2.00. The van der Waals surface area contributed by atoms with Gasteiger partial charge in [-0.3, -0.25) is 4.79 Å². The molecule has 0 radical (unpaired) electrons. The van der Waals surface area contributed by atoms with Crippen LogP contribution in [-0.2, 0) is 6.54 Å². The lowest BCUT2D eigenvalue weighted by Crippen LogP contribution is -2.23. The summed E-state index contributed by atoms with van der Waals surface area (Å²) in [6.07, 6.45) is 0. The molecule has 0 unspecified atom stereocenters. The molecule has 5 heteroatoms. The van der Waals surface area contributed by atoms with E-state index in [0.29, 0.717) is 22.9 Å². The second kappa shape index (κ2) is 6.99. The summed E-state index contributed by atoms with van der Waals surface area (Å²) in [7, 11) is 3.16. The van der Waals surface area contributed by atoms with Gasteiger partial charge in [-0.15, -0.1) is 0 Å². The number of methoxy groups -OCH3 is 2. The number of carbonyl (C=O) groups excluding carboxylic acids is 1. The molecule has 0 fully saturated rings. The van der Waals surface area contributed by atoms with Crippen molar-refractivity contribution >= 4 is 17.5 Å². The van der Waals surface area contributed by atoms with Crippen LogP contribution < -0.4 is 14.8 Å². The Labute approximate surface area is 128 Å². The van der Waals surface area contributed by atoms with Gasteiger partial charge in [0.25, 0.3) is 5.91 Å². The van der Waals surface area contributed by atoms with E-state index < -0.39 is 0 Å². The van der Waals surface area contributed by atoms with Gasteiger partial charge in [0.2, 0.25) is 0 Å². The molecule has 2 rings (SSSR count). The molecule has 0 heterocycles. The fraction of sp³-hybridized carbons (Fsp3) is 0.188. The van der Waals surface area contributed by atoms with Crippen molar-refractivity contribution < 1.29 is 14.3 Å². The third-order valence-electron chi connectivity index (χ3n) is 3.03. The van der Waals surface area contributed by atoms with Crippen LogP contribution >= 0.6 is 11.6 Å². The van der Waals surface area contributed by atoms with E-state index in [9.17, 15) is 4.79 Å². The summed E-state index contributed by atoms with van der Waals surface area (Å²) in [6, 6.07) is 12.5. The standard InChI is InChI=1S/C16H16ClNO3/c1-20-12-5-3-11(4-6-12)10-18-16(19)14-8-7-13(21-2)9-15(14)17/h3-9H,10H2,1-2H3,(H,18,19). The molecule has 0 aliphatic carbocycles. The van der Waals surface area contributed by atoms with Crippen molar-refractivity contribution in [2.75, 3.05) is 14.2 Å². The van der Waals surface area contributed by atoms with Crippen LogP contribution in [0.25, 0.3) is 0 Å². The average Bonchev–Trinajstić information content (AvgIpc) is 2.52. The molecule has 0 bridgehead atoms. The van der Waals surface area contributed by atoms with Gasteiger partial charge < -0.3 is 14.8 Å². The molecule has 2 aromatic carbocycles. The highest BCUT2D eigenvalue weighted by Gasteiger charge is 2.10. The maximum Gasteiger partial charge on any atom is 0.253 e. The van der Waals surface area contributed by atoms with Crippen molar-refractivity contribution in [2.45, 2.75) is 6.54 Å². The quantitative estimate of drug-likeness (QED) is 0.922. The first-order valence-corrected chi connectivity index (χ1v) is 6.76. The van der Waals surface area contributed by atoms with E-state index in [1.54, 1.807) is 32.4 Å². The molecule has 1 amide bonds. The summed E-state index contributed by atoms with van der Waals surface area (Å²) < 4.78 is 10.1. The summed E-state index contributed by atoms with van der Waals surface area (Å²) in [5.74, 6) is 1.17. The maximum atomic E-state index is 12.1. The van der Waals surface area contributed by atoms with E-state index in [1.165, 1.54) is 0 Å². The molecule has 0 aliphatic rings. The highest BCUT2D eigenvalue weighted by molar-refractivity contribution is 6.34. The topological polar surface area (TPSA) is 47.6 Å². The number of halogens is 1. The van der Waals surface area contributed by atoms with Crippen LogP contribution in [0.15, 0.2) is 42.5 Å². The summed E-state index contributed by atoms with van der Waals surface area (Å²) >= 11 is 6.07. The van der Waals surface area contributed by atoms with Gasteiger partial charge in [0, 0.05) is 6.54 Å². The Morgan fingerprint density at radius 1 is 1.05 bits per heavy atom. The van der Waals surface area contributed by atoms with E-state index in [1.807, 2.05) is 24.3 Å². The fourth-order valence-corrected chi connectivity index (χ4v) is 2.08. The van der Waals surface area contributed by atoms with Gasteiger partial charge in [-0.05, 0) is 35.9 Å². The minimum Gasteiger partial charge on any atom is -0.497 e. The average molecular weight is 306 g/mol. The van der Waals surface area contributed by atoms with E-state index in [-0.39, 0.29) is 5.91 Å². The van der Waals surface area contributed by atoms with Crippen molar-refractivity contribution in [1.82, 2.24) is 5.32 Å². The van der Waals surface area contributed by atoms with Crippen LogP contribution in [0, 0.1) is 0 Å². The van der Waals surface area contributed by atoms with Crippen LogP contribution in [0.2, 0.25) is 5.02 Å². The second-order valence-corrected chi connectivity index (χ2v) is 4.78. The van der Waals surface area contributed by atoms with Crippen molar-refractivity contribution in [3.63, 3.8) is 0 Å². The van der Waals surface area contributed by atoms with Crippen molar-refractivity contribution in [3.05, 3.63) is 58.6 Å². The third-order valence-corrected chi connectivity index (χ3v) is 3.35. The predicted molar refractivity (Wildman–Crippen MR) is 82.2 cm³/mol. The van der Waals surface area contributed by atoms with Crippen LogP contribution in [-0.4, -0.2) is 20.1 Å². The number of carbonyl (C=O) groups is 1. The Hall–Kier alpha value is -2.20. The summed E-state index contributed by atoms with van der Waals surface area (Å²) in [5.41, 5.74) is 1.40. The van der Waals surface area contributed by atoms with Gasteiger partial charge in [0.15, 0.2) is 0 Å². The number of hydrogen-bond donors (Lipinski definition) is 1. The monoisotopic (exact) mass is 305 g/mol. The molecule has 110 valence electrons. The lowest BCUT2D eigenvalue weighted by molar-refractivity contribution is 0.0951. The smallest absolute Gasteiger partial charge is 0.253 e. The normalized spacial score (nSPS) is 10.0. The van der Waals surface area contributed by atoms with E-state index in [4.69, 9.17) is 21.1 Å². The van der Waals surface area contributed by atoms with Crippen LogP contribution in [0.3, 0.4) is 0 Å². The molecule has 0 saturated carbocycles. The maximum absolute atomic E-state index is 12.1. The molecule has 4 nitrogen and oxygen atoms in total. The molecule has 0 spiro atoms. The highest BCUT2D eigenvalue weighted by atomic mass is 35.5. The largest absolute Gasteiger partial charge is 0.497 e. The van der Waals surface area contributed by atoms with Gasteiger partial charge in [0.05, 0.1) is 24.8 Å². The molecule has 0 aliphatic heterocycles. The number of nitrogens with one attached hydrogen (secondary N) is 1. The van der Waals surface area contributed by atoms with E-state index >= 15 is 0 Å². The molecule has 21 heavy (non-hydrogen) atoms. The van der Waals surface area contributed by atoms with Gasteiger partial charge in [-0.25, -0.2) is 0 Å². The Bertz CT molecular complexity index is 626. The lowest BCUT2D eigenvalue weighted by Gasteiger charge is -2.08. The first-order valence-electron chi connectivity index (χ1n) is 6.38. The van der Waals surface area contributed by atoms with Gasteiger partial charge in [-0.1, -0.05) is 23.7 Å². The van der Waals surface area contributed by atoms with E-state index in [0.717, 1.165) is 11.3 Å². The molecular weight excluding hydrogens is 290 g/mol. The van der Waals surface area contributed by atoms with Gasteiger partial charge >= 0.3 is 0 Å². The van der Waals surface area contributed by atoms with Crippen molar-refractivity contribution in [1.29, 1.82) is 0 Å². The first-order chi connectivity index (χ1) is 10.1. The minimum atomic E-state index is -0.224. The predicted octanol–water partition coefficient (Wildman–Crippen LogP) is 3.29. The first kappa shape index (κ1) is 15.2. The Morgan fingerprint density at radius 2 is 1.67 bits per heavy atom. The number of rotatable bonds is 5. The summed E-state index contributed by atoms with van der Waals surface area (Å²) in [4.78, 5) is 12.1. The van der Waals surface area contributed by atoms with Crippen molar-refractivity contribution in [2.24, 2.45) is 0 Å². The molecular formula is C16H16ClNO3. The second-order valence-electron chi connectivity index (χ2n) is 4.38. The van der Waals surface area contributed by atoms with Crippen LogP contribution in [0.4, 0.5) is 0 Å². The SMILES string of the molecule is COc1ccc(CNC(=O)c2ccc(OC)cc2Cl)cc1. The fourth-order valence-electron chi connectivity index (χ4n) is 1.83. The zero-order chi connectivity index (χ0) is 15.2. The molecule has 2 aromatic rings. The Morgan fingerprint density at radius 3 is 2.24 bits per heavy atom. The lowest BCUT2D eigenvalue weighted by atomic mass is 10.2. The number of amides is 1. The van der Waals surface area contributed by atoms with E-state index in [2.05, 4.69) is 5.32 Å². The van der Waals surface area contributed by atoms with Gasteiger partial charge in [-0.2, -0.15) is 0 Å². The molecule has 1 N–H and O–H groups in total. The number of ether oxygens (including phenoxy) is 2. The van der Waals surface area contributed by atoms with Gasteiger partial charge in [0.1, 0.15) is 11.5 Å². The summed E-state index contributed by atoms with van der Waals surface area (Å²) in [6.45, 7) is 0.422. The van der Waals surface area contributed by atoms with Crippen LogP contribution in [0.5, 0.6) is 11.5 Å². The zero-order valence-corrected chi connectivity index (χ0v) is 12.6. The molecule has 0 aromatic heterocycles. The summed E-state index contributed by atoms with van der Waals surface area (Å²) in [5, 5.41) is 3.19. The Kier molecular flexibility index (Phi) is 5.06. The van der Waals surface area contributed by atoms with Crippen LogP contribution in [0.1, 0.15) is 15.9 Å². The zero-order valence-electron chi connectivity index (χ0n) is 11.9. The van der Waals surface area contributed by atoms with Crippen molar-refractivity contribution in [3.8, 4) is 11.5 Å². The minimum absolute atomic E-state index is 0.224. The number of benzene rings is 2. The molecule has 0 saturated heterocycles. The highest BCUT2D eigenvalue weighted by Crippen LogP contribution is 2.22.